The van der Waals surface area contributed by atoms with Crippen molar-refractivity contribution in [3.63, 3.8) is 0 Å². The van der Waals surface area contributed by atoms with E-state index in [0.717, 1.165) is 16.5 Å². The van der Waals surface area contributed by atoms with Crippen molar-refractivity contribution >= 4 is 23.3 Å². The minimum atomic E-state index is 0.895. The molecule has 2 rings (SSSR count). The highest BCUT2D eigenvalue weighted by Gasteiger charge is 2.01. The first-order valence-corrected chi connectivity index (χ1v) is 5.99. The molecule has 0 atom stereocenters. The Morgan fingerprint density at radius 2 is 2.07 bits per heavy atom. The van der Waals surface area contributed by atoms with Crippen LogP contribution in [0.4, 0.5) is 0 Å². The summed E-state index contributed by atoms with van der Waals surface area (Å²) in [5.41, 5.74) is 1.29. The van der Waals surface area contributed by atoms with Gasteiger partial charge in [-0.1, -0.05) is 30.3 Å². The summed E-state index contributed by atoms with van der Waals surface area (Å²) >= 11 is 2.86. The number of thiazole rings is 1. The number of hydrogen-bond acceptors (Lipinski definition) is 4. The second kappa shape index (κ2) is 4.59. The van der Waals surface area contributed by atoms with Crippen molar-refractivity contribution in [1.82, 2.24) is 4.98 Å². The molecule has 0 aliphatic heterocycles. The summed E-state index contributed by atoms with van der Waals surface area (Å²) in [4.78, 5) is 4.38. The molecule has 1 heterocycles. The molecule has 1 aromatic heterocycles. The van der Waals surface area contributed by atoms with Crippen molar-refractivity contribution in [2.75, 3.05) is 0 Å². The van der Waals surface area contributed by atoms with Gasteiger partial charge < -0.3 is 0 Å². The Morgan fingerprint density at radius 1 is 1.29 bits per heavy atom. The molecule has 4 heteroatoms. The first-order chi connectivity index (χ1) is 6.88. The van der Waals surface area contributed by atoms with E-state index in [4.69, 9.17) is 5.14 Å². The first-order valence-electron chi connectivity index (χ1n) is 4.23. The van der Waals surface area contributed by atoms with Crippen molar-refractivity contribution in [3.05, 3.63) is 46.3 Å². The molecule has 0 saturated carbocycles. The monoisotopic (exact) mass is 222 g/mol. The van der Waals surface area contributed by atoms with Crippen LogP contribution in [0.3, 0.4) is 0 Å². The third kappa shape index (κ3) is 2.35. The van der Waals surface area contributed by atoms with Crippen LogP contribution in [0.25, 0.3) is 0 Å². The summed E-state index contributed by atoms with van der Waals surface area (Å²) in [6.07, 6.45) is 0.895. The van der Waals surface area contributed by atoms with Crippen LogP contribution >= 0.6 is 23.3 Å². The highest BCUT2D eigenvalue weighted by molar-refractivity contribution is 7.97. The molecule has 0 saturated heterocycles. The molecule has 0 aliphatic carbocycles. The lowest BCUT2D eigenvalue weighted by atomic mass is 10.2. The fraction of sp³-hybridized carbons (Fsp3) is 0.100. The molecule has 0 amide bonds. The number of benzene rings is 1. The maximum atomic E-state index is 5.42. The average molecular weight is 222 g/mol. The molecule has 0 fully saturated rings. The summed E-state index contributed by atoms with van der Waals surface area (Å²) in [6.45, 7) is 0. The van der Waals surface area contributed by atoms with Crippen LogP contribution in [0.15, 0.2) is 40.7 Å². The molecule has 0 unspecified atom stereocenters. The van der Waals surface area contributed by atoms with Gasteiger partial charge >= 0.3 is 0 Å². The van der Waals surface area contributed by atoms with Gasteiger partial charge in [-0.3, -0.25) is 5.14 Å². The second-order valence-corrected chi connectivity index (χ2v) is 4.46. The van der Waals surface area contributed by atoms with Crippen molar-refractivity contribution in [3.8, 4) is 0 Å². The number of aromatic nitrogens is 1. The van der Waals surface area contributed by atoms with Crippen molar-refractivity contribution in [2.45, 2.75) is 11.4 Å². The second-order valence-electron chi connectivity index (χ2n) is 2.86. The van der Waals surface area contributed by atoms with Gasteiger partial charge in [-0.2, -0.15) is 0 Å². The Balaban J connectivity index is 2.11. The van der Waals surface area contributed by atoms with Gasteiger partial charge in [-0.25, -0.2) is 4.98 Å². The Morgan fingerprint density at radius 3 is 2.71 bits per heavy atom. The lowest BCUT2D eigenvalue weighted by molar-refractivity contribution is 1.07. The van der Waals surface area contributed by atoms with E-state index in [9.17, 15) is 0 Å². The van der Waals surface area contributed by atoms with Crippen molar-refractivity contribution in [1.29, 1.82) is 0 Å². The molecule has 1 aromatic carbocycles. The molecule has 14 heavy (non-hydrogen) atoms. The molecule has 72 valence electrons. The minimum absolute atomic E-state index is 0.895. The largest absolute Gasteiger partial charge is 0.272 e. The number of rotatable bonds is 3. The van der Waals surface area contributed by atoms with Gasteiger partial charge in [0.15, 0.2) is 0 Å². The predicted molar refractivity (Wildman–Crippen MR) is 61.4 cm³/mol. The van der Waals surface area contributed by atoms with E-state index >= 15 is 0 Å². The maximum absolute atomic E-state index is 5.42. The van der Waals surface area contributed by atoms with E-state index < -0.39 is 0 Å². The average Bonchev–Trinajstić information content (AvgIpc) is 2.67. The third-order valence-corrected chi connectivity index (χ3v) is 3.30. The summed E-state index contributed by atoms with van der Waals surface area (Å²) in [7, 11) is 0. The van der Waals surface area contributed by atoms with Crippen LogP contribution in [0, 0.1) is 0 Å². The maximum Gasteiger partial charge on any atom is 0.122 e. The van der Waals surface area contributed by atoms with Gasteiger partial charge in [0, 0.05) is 11.8 Å². The van der Waals surface area contributed by atoms with Crippen LogP contribution in [0.1, 0.15) is 10.6 Å². The number of nitrogens with zero attached hydrogens (tertiary/aromatic N) is 1. The molecule has 0 spiro atoms. The number of nitrogens with two attached hydrogens (primary N) is 1. The molecule has 0 radical (unpaired) electrons. The van der Waals surface area contributed by atoms with E-state index in [1.165, 1.54) is 17.5 Å². The van der Waals surface area contributed by atoms with Gasteiger partial charge in [0.25, 0.3) is 0 Å². The van der Waals surface area contributed by atoms with Gasteiger partial charge in [0.05, 0.1) is 5.01 Å². The van der Waals surface area contributed by atoms with Crippen LogP contribution in [0.5, 0.6) is 0 Å². The molecule has 2 nitrogen and oxygen atoms in total. The molecular weight excluding hydrogens is 212 g/mol. The zero-order valence-corrected chi connectivity index (χ0v) is 9.15. The summed E-state index contributed by atoms with van der Waals surface area (Å²) < 4.78 is 0. The quantitative estimate of drug-likeness (QED) is 0.812. The zero-order valence-electron chi connectivity index (χ0n) is 7.51. The fourth-order valence-electron chi connectivity index (χ4n) is 1.20. The van der Waals surface area contributed by atoms with Gasteiger partial charge in [-0.15, -0.1) is 11.3 Å². The molecular formula is C10H10N2S2. The van der Waals surface area contributed by atoms with Crippen molar-refractivity contribution in [2.24, 2.45) is 5.14 Å². The van der Waals surface area contributed by atoms with Crippen LogP contribution in [-0.4, -0.2) is 4.98 Å². The lowest BCUT2D eigenvalue weighted by Crippen LogP contribution is -1.87. The molecule has 2 N–H and O–H groups in total. The minimum Gasteiger partial charge on any atom is -0.272 e. The van der Waals surface area contributed by atoms with Crippen LogP contribution in [0.2, 0.25) is 0 Å². The van der Waals surface area contributed by atoms with Gasteiger partial charge in [0.2, 0.25) is 0 Å². The third-order valence-electron chi connectivity index (χ3n) is 1.85. The normalized spacial score (nSPS) is 10.4. The Bertz CT molecular complexity index is 398. The van der Waals surface area contributed by atoms with Crippen LogP contribution < -0.4 is 5.14 Å². The summed E-state index contributed by atoms with van der Waals surface area (Å²) in [5.74, 6) is 0. The van der Waals surface area contributed by atoms with E-state index in [1.54, 1.807) is 11.3 Å². The Hall–Kier alpha value is -0.840. The first kappa shape index (κ1) is 9.71. The fourth-order valence-corrected chi connectivity index (χ4v) is 2.48. The van der Waals surface area contributed by atoms with E-state index in [0.29, 0.717) is 0 Å². The van der Waals surface area contributed by atoms with Crippen LogP contribution in [-0.2, 0) is 6.42 Å². The van der Waals surface area contributed by atoms with Gasteiger partial charge in [0.1, 0.15) is 5.03 Å². The standard InChI is InChI=1S/C10H10N2S2/c11-14-10-7-13-9(12-10)6-8-4-2-1-3-5-8/h1-5,7H,6,11H2. The lowest BCUT2D eigenvalue weighted by Gasteiger charge is -1.95. The molecule has 2 aromatic rings. The highest BCUT2D eigenvalue weighted by Crippen LogP contribution is 2.18. The smallest absolute Gasteiger partial charge is 0.122 e. The highest BCUT2D eigenvalue weighted by atomic mass is 32.2. The summed E-state index contributed by atoms with van der Waals surface area (Å²) in [6, 6.07) is 10.3. The SMILES string of the molecule is NSc1csc(Cc2ccccc2)n1. The van der Waals surface area contributed by atoms with E-state index in [1.807, 2.05) is 23.6 Å². The topological polar surface area (TPSA) is 38.9 Å². The summed E-state index contributed by atoms with van der Waals surface area (Å²) in [5, 5.41) is 9.42. The van der Waals surface area contributed by atoms with E-state index in [-0.39, 0.29) is 0 Å². The van der Waals surface area contributed by atoms with Crippen molar-refractivity contribution < 1.29 is 0 Å². The van der Waals surface area contributed by atoms with E-state index in [2.05, 4.69) is 17.1 Å². The zero-order chi connectivity index (χ0) is 9.80. The number of hydrogen-bond donors (Lipinski definition) is 1. The Labute approximate surface area is 91.3 Å². The Kier molecular flexibility index (Phi) is 3.18. The molecule has 0 bridgehead atoms. The van der Waals surface area contributed by atoms with Gasteiger partial charge in [-0.05, 0) is 17.5 Å². The predicted octanol–water partition coefficient (Wildman–Crippen LogP) is 2.70. The molecule has 0 aliphatic rings.